The van der Waals surface area contributed by atoms with Gasteiger partial charge in [0.1, 0.15) is 0 Å². The van der Waals surface area contributed by atoms with Crippen molar-refractivity contribution in [1.29, 1.82) is 5.26 Å². The van der Waals surface area contributed by atoms with Gasteiger partial charge in [-0.2, -0.15) is 5.26 Å². The highest BCUT2D eigenvalue weighted by atomic mass is 28.4. The Morgan fingerprint density at radius 2 is 1.42 bits per heavy atom. The molecule has 1 rings (SSSR count). The summed E-state index contributed by atoms with van der Waals surface area (Å²) in [5.74, 6) is 0. The third-order valence-electron chi connectivity index (χ3n) is 2.59. The van der Waals surface area contributed by atoms with E-state index in [0.29, 0.717) is 26.2 Å². The van der Waals surface area contributed by atoms with Crippen molar-refractivity contribution in [2.75, 3.05) is 19.8 Å². The van der Waals surface area contributed by atoms with Crippen molar-refractivity contribution < 1.29 is 13.3 Å². The van der Waals surface area contributed by atoms with Gasteiger partial charge in [-0.25, -0.2) is 0 Å². The summed E-state index contributed by atoms with van der Waals surface area (Å²) in [7, 11) is -2.80. The first-order valence-electron chi connectivity index (χ1n) is 6.60. The average molecular weight is 279 g/mol. The molecule has 4 nitrogen and oxygen atoms in total. The summed E-state index contributed by atoms with van der Waals surface area (Å²) < 4.78 is 17.5. The quantitative estimate of drug-likeness (QED) is 0.683. The van der Waals surface area contributed by atoms with Crippen LogP contribution in [0.3, 0.4) is 0 Å². The summed E-state index contributed by atoms with van der Waals surface area (Å²) in [6.45, 7) is 7.45. The zero-order chi connectivity index (χ0) is 14.1. The Morgan fingerprint density at radius 1 is 0.947 bits per heavy atom. The highest BCUT2D eigenvalue weighted by molar-refractivity contribution is 6.75. The van der Waals surface area contributed by atoms with Gasteiger partial charge in [-0.05, 0) is 26.3 Å². The number of nitrogens with zero attached hydrogens (tertiary/aromatic N) is 1. The van der Waals surface area contributed by atoms with E-state index < -0.39 is 8.80 Å². The molecule has 0 atom stereocenters. The van der Waals surface area contributed by atoms with Crippen molar-refractivity contribution >= 4 is 14.0 Å². The van der Waals surface area contributed by atoms with E-state index in [1.165, 1.54) is 0 Å². The molecule has 0 amide bonds. The molecule has 0 heterocycles. The zero-order valence-electron chi connectivity index (χ0n) is 11.8. The maximum Gasteiger partial charge on any atom is 0.537 e. The van der Waals surface area contributed by atoms with E-state index in [1.807, 2.05) is 45.0 Å². The molecule has 1 aromatic rings. The van der Waals surface area contributed by atoms with Gasteiger partial charge >= 0.3 is 8.80 Å². The smallest absolute Gasteiger partial charge is 0.370 e. The molecule has 0 aliphatic heterocycles. The molecule has 104 valence electrons. The summed E-state index contributed by atoms with van der Waals surface area (Å²) in [5, 5.41) is 9.63. The molecule has 0 N–H and O–H groups in total. The lowest BCUT2D eigenvalue weighted by molar-refractivity contribution is 0.0859. The van der Waals surface area contributed by atoms with Gasteiger partial charge < -0.3 is 13.3 Å². The van der Waals surface area contributed by atoms with Crippen LogP contribution in [0.25, 0.3) is 0 Å². The first kappa shape index (κ1) is 15.9. The van der Waals surface area contributed by atoms with Crippen LogP contribution in [-0.2, 0) is 19.7 Å². The second kappa shape index (κ2) is 8.07. The number of rotatable bonds is 8. The summed E-state index contributed by atoms with van der Waals surface area (Å²) in [5.41, 5.74) is 0.985. The van der Waals surface area contributed by atoms with Crippen LogP contribution in [0.15, 0.2) is 24.3 Å². The maximum absolute atomic E-state index is 8.69. The fourth-order valence-corrected chi connectivity index (χ4v) is 4.33. The molecule has 0 fully saturated rings. The molecule has 5 heteroatoms. The van der Waals surface area contributed by atoms with E-state index in [4.69, 9.17) is 18.5 Å². The monoisotopic (exact) mass is 279 g/mol. The minimum atomic E-state index is -2.80. The van der Waals surface area contributed by atoms with Gasteiger partial charge in [0.15, 0.2) is 0 Å². The molecule has 1 aromatic carbocycles. The summed E-state index contributed by atoms with van der Waals surface area (Å²) in [6, 6.07) is 9.88. The molecule has 0 unspecified atom stereocenters. The van der Waals surface area contributed by atoms with Crippen LogP contribution < -0.4 is 5.19 Å². The van der Waals surface area contributed by atoms with Crippen LogP contribution in [0.5, 0.6) is 0 Å². The molecule has 0 saturated heterocycles. The van der Waals surface area contributed by atoms with Gasteiger partial charge in [0.2, 0.25) is 0 Å². The van der Waals surface area contributed by atoms with Crippen LogP contribution in [0, 0.1) is 11.3 Å². The Kier molecular flexibility index (Phi) is 6.74. The summed E-state index contributed by atoms with van der Waals surface area (Å²) >= 11 is 0. The van der Waals surface area contributed by atoms with Crippen molar-refractivity contribution in [2.24, 2.45) is 0 Å². The van der Waals surface area contributed by atoms with Gasteiger partial charge in [0.05, 0.1) is 12.5 Å². The molecule has 0 aliphatic carbocycles. The minimum absolute atomic E-state index is 0.409. The van der Waals surface area contributed by atoms with E-state index in [1.54, 1.807) is 0 Å². The van der Waals surface area contributed by atoms with Gasteiger partial charge in [0.25, 0.3) is 0 Å². The van der Waals surface area contributed by atoms with Crippen molar-refractivity contribution in [2.45, 2.75) is 27.2 Å². The second-order valence-electron chi connectivity index (χ2n) is 3.89. The molecule has 19 heavy (non-hydrogen) atoms. The molecular formula is C14H21NO3Si. The fraction of sp³-hybridized carbons (Fsp3) is 0.500. The van der Waals surface area contributed by atoms with Crippen molar-refractivity contribution in [3.05, 3.63) is 29.8 Å². The standard InChI is InChI=1S/C14H21NO3Si/c1-4-16-19(17-5-2,18-6-3)14-9-7-13(8-10-14)11-12-15/h7-10H,4-6,11H2,1-3H3. The number of hydrogen-bond acceptors (Lipinski definition) is 4. The number of hydrogen-bond donors (Lipinski definition) is 0. The Hall–Kier alpha value is -1.19. The largest absolute Gasteiger partial charge is 0.537 e. The molecule has 0 saturated carbocycles. The normalized spacial score (nSPS) is 11.3. The molecule has 0 radical (unpaired) electrons. The molecule has 0 spiro atoms. The van der Waals surface area contributed by atoms with Crippen LogP contribution >= 0.6 is 0 Å². The molecular weight excluding hydrogens is 258 g/mol. The third-order valence-corrected chi connectivity index (χ3v) is 5.64. The van der Waals surface area contributed by atoms with E-state index in [2.05, 4.69) is 6.07 Å². The SMILES string of the molecule is CCO[Si](OCC)(OCC)c1ccc(CC#N)cc1. The second-order valence-corrected chi connectivity index (χ2v) is 6.44. The summed E-state index contributed by atoms with van der Waals surface area (Å²) in [6.07, 6.45) is 0.409. The lowest BCUT2D eigenvalue weighted by Gasteiger charge is -2.28. The van der Waals surface area contributed by atoms with E-state index >= 15 is 0 Å². The van der Waals surface area contributed by atoms with Crippen molar-refractivity contribution in [1.82, 2.24) is 0 Å². The Labute approximate surface area is 116 Å². The van der Waals surface area contributed by atoms with Gasteiger partial charge in [0, 0.05) is 25.0 Å². The Balaban J connectivity index is 3.04. The van der Waals surface area contributed by atoms with E-state index in [9.17, 15) is 0 Å². The maximum atomic E-state index is 8.69. The average Bonchev–Trinajstić information content (AvgIpc) is 2.41. The zero-order valence-corrected chi connectivity index (χ0v) is 12.8. The van der Waals surface area contributed by atoms with Crippen molar-refractivity contribution in [3.8, 4) is 6.07 Å². The van der Waals surface area contributed by atoms with Crippen LogP contribution in [0.2, 0.25) is 0 Å². The van der Waals surface area contributed by atoms with Gasteiger partial charge in [-0.1, -0.05) is 24.3 Å². The predicted octanol–water partition coefficient (Wildman–Crippen LogP) is 2.01. The van der Waals surface area contributed by atoms with Gasteiger partial charge in [-0.3, -0.25) is 0 Å². The van der Waals surface area contributed by atoms with E-state index in [-0.39, 0.29) is 0 Å². The first-order valence-corrected chi connectivity index (χ1v) is 8.33. The molecule has 0 bridgehead atoms. The highest BCUT2D eigenvalue weighted by Crippen LogP contribution is 2.12. The lowest BCUT2D eigenvalue weighted by Crippen LogP contribution is -2.56. The molecule has 0 aromatic heterocycles. The minimum Gasteiger partial charge on any atom is -0.370 e. The van der Waals surface area contributed by atoms with Crippen molar-refractivity contribution in [3.63, 3.8) is 0 Å². The van der Waals surface area contributed by atoms with Crippen LogP contribution in [0.1, 0.15) is 26.3 Å². The fourth-order valence-electron chi connectivity index (χ4n) is 1.86. The first-order chi connectivity index (χ1) is 9.22. The number of benzene rings is 1. The van der Waals surface area contributed by atoms with Gasteiger partial charge in [-0.15, -0.1) is 0 Å². The topological polar surface area (TPSA) is 51.5 Å². The number of nitriles is 1. The van der Waals surface area contributed by atoms with Crippen LogP contribution in [-0.4, -0.2) is 28.6 Å². The lowest BCUT2D eigenvalue weighted by atomic mass is 10.2. The van der Waals surface area contributed by atoms with Crippen LogP contribution in [0.4, 0.5) is 0 Å². The summed E-state index contributed by atoms with van der Waals surface area (Å²) in [4.78, 5) is 0. The van der Waals surface area contributed by atoms with E-state index in [0.717, 1.165) is 10.8 Å². The predicted molar refractivity (Wildman–Crippen MR) is 76.0 cm³/mol. The Morgan fingerprint density at radius 3 is 1.79 bits per heavy atom. The highest BCUT2D eigenvalue weighted by Gasteiger charge is 2.43. The third kappa shape index (κ3) is 4.15. The Bertz CT molecular complexity index is 397. The molecule has 0 aliphatic rings.